The van der Waals surface area contributed by atoms with Crippen LogP contribution in [0.3, 0.4) is 0 Å². The Morgan fingerprint density at radius 1 is 1.31 bits per heavy atom. The molecule has 0 bridgehead atoms. The number of hydrogen-bond donors (Lipinski definition) is 1. The second-order valence-corrected chi connectivity index (χ2v) is 4.37. The molecule has 0 spiro atoms. The smallest absolute Gasteiger partial charge is 0.261 e. The van der Waals surface area contributed by atoms with Crippen molar-refractivity contribution in [3.63, 3.8) is 0 Å². The number of ether oxygens (including phenoxy) is 1. The molecule has 0 unspecified atom stereocenters. The molecule has 2 N–H and O–H groups in total. The molecule has 1 aromatic carbocycles. The highest BCUT2D eigenvalue weighted by Crippen LogP contribution is 2.19. The van der Waals surface area contributed by atoms with E-state index in [9.17, 15) is 4.79 Å². The Kier molecular flexibility index (Phi) is 3.93. The van der Waals surface area contributed by atoms with Gasteiger partial charge >= 0.3 is 0 Å². The predicted molar refractivity (Wildman–Crippen MR) is 64.3 cm³/mol. The number of nitrogens with two attached hydrogens (primary N) is 1. The highest BCUT2D eigenvalue weighted by molar-refractivity contribution is 5.82. The SMILES string of the molecule is CCCc1ccc(OC(C)(C)C(N)=O)cc1. The van der Waals surface area contributed by atoms with Crippen LogP contribution < -0.4 is 10.5 Å². The minimum absolute atomic E-state index is 0.467. The van der Waals surface area contributed by atoms with Gasteiger partial charge in [-0.2, -0.15) is 0 Å². The zero-order valence-corrected chi connectivity index (χ0v) is 10.1. The van der Waals surface area contributed by atoms with Gasteiger partial charge in [0.1, 0.15) is 5.75 Å². The third-order valence-electron chi connectivity index (χ3n) is 2.43. The number of rotatable bonds is 5. The molecule has 0 atom stereocenters. The number of aryl methyl sites for hydroxylation is 1. The van der Waals surface area contributed by atoms with E-state index in [4.69, 9.17) is 10.5 Å². The van der Waals surface area contributed by atoms with Crippen LogP contribution in [0, 0.1) is 0 Å². The van der Waals surface area contributed by atoms with Crippen molar-refractivity contribution >= 4 is 5.91 Å². The van der Waals surface area contributed by atoms with Gasteiger partial charge < -0.3 is 10.5 Å². The molecule has 0 saturated heterocycles. The Bertz CT molecular complexity index is 355. The number of primary amides is 1. The fraction of sp³-hybridized carbons (Fsp3) is 0.462. The quantitative estimate of drug-likeness (QED) is 0.829. The van der Waals surface area contributed by atoms with Crippen molar-refractivity contribution in [1.29, 1.82) is 0 Å². The lowest BCUT2D eigenvalue weighted by Gasteiger charge is -2.22. The van der Waals surface area contributed by atoms with Crippen molar-refractivity contribution in [3.05, 3.63) is 29.8 Å². The molecule has 0 aliphatic carbocycles. The zero-order chi connectivity index (χ0) is 12.2. The van der Waals surface area contributed by atoms with E-state index in [1.165, 1.54) is 5.56 Å². The van der Waals surface area contributed by atoms with Gasteiger partial charge in [0.25, 0.3) is 5.91 Å². The summed E-state index contributed by atoms with van der Waals surface area (Å²) in [6.07, 6.45) is 2.17. The minimum Gasteiger partial charge on any atom is -0.478 e. The van der Waals surface area contributed by atoms with Crippen molar-refractivity contribution in [1.82, 2.24) is 0 Å². The van der Waals surface area contributed by atoms with Crippen LogP contribution in [0.15, 0.2) is 24.3 Å². The Balaban J connectivity index is 2.72. The fourth-order valence-corrected chi connectivity index (χ4v) is 1.36. The monoisotopic (exact) mass is 221 g/mol. The van der Waals surface area contributed by atoms with E-state index in [1.54, 1.807) is 13.8 Å². The van der Waals surface area contributed by atoms with Crippen LogP contribution >= 0.6 is 0 Å². The highest BCUT2D eigenvalue weighted by atomic mass is 16.5. The predicted octanol–water partition coefficient (Wildman–Crippen LogP) is 2.28. The van der Waals surface area contributed by atoms with Crippen molar-refractivity contribution < 1.29 is 9.53 Å². The van der Waals surface area contributed by atoms with Gasteiger partial charge in [-0.3, -0.25) is 4.79 Å². The lowest BCUT2D eigenvalue weighted by Crippen LogP contribution is -2.43. The minimum atomic E-state index is -0.966. The van der Waals surface area contributed by atoms with Crippen molar-refractivity contribution in [2.45, 2.75) is 39.2 Å². The van der Waals surface area contributed by atoms with E-state index in [2.05, 4.69) is 6.92 Å². The molecule has 0 saturated carbocycles. The summed E-state index contributed by atoms with van der Waals surface area (Å²) in [5.41, 5.74) is 5.54. The second-order valence-electron chi connectivity index (χ2n) is 4.37. The second kappa shape index (κ2) is 5.01. The van der Waals surface area contributed by atoms with Crippen LogP contribution in [-0.4, -0.2) is 11.5 Å². The lowest BCUT2D eigenvalue weighted by atomic mass is 10.1. The maximum Gasteiger partial charge on any atom is 0.261 e. The third-order valence-corrected chi connectivity index (χ3v) is 2.43. The summed E-state index contributed by atoms with van der Waals surface area (Å²) in [4.78, 5) is 11.1. The molecular formula is C13H19NO2. The first-order chi connectivity index (χ1) is 7.45. The first-order valence-electron chi connectivity index (χ1n) is 5.53. The van der Waals surface area contributed by atoms with Gasteiger partial charge in [0.2, 0.25) is 0 Å². The molecule has 3 heteroatoms. The third kappa shape index (κ3) is 3.26. The summed E-state index contributed by atoms with van der Waals surface area (Å²) >= 11 is 0. The number of amides is 1. The van der Waals surface area contributed by atoms with Gasteiger partial charge in [-0.25, -0.2) is 0 Å². The standard InChI is InChI=1S/C13H19NO2/c1-4-5-10-6-8-11(9-7-10)16-13(2,3)12(14)15/h6-9H,4-5H2,1-3H3,(H2,14,15). The van der Waals surface area contributed by atoms with Gasteiger partial charge in [-0.1, -0.05) is 25.5 Å². The van der Waals surface area contributed by atoms with Crippen LogP contribution in [0.2, 0.25) is 0 Å². The molecule has 0 fully saturated rings. The van der Waals surface area contributed by atoms with E-state index in [0.717, 1.165) is 12.8 Å². The summed E-state index contributed by atoms with van der Waals surface area (Å²) in [7, 11) is 0. The highest BCUT2D eigenvalue weighted by Gasteiger charge is 2.26. The number of benzene rings is 1. The summed E-state index contributed by atoms with van der Waals surface area (Å²) in [6, 6.07) is 7.76. The Hall–Kier alpha value is -1.51. The molecule has 0 aliphatic heterocycles. The Morgan fingerprint density at radius 2 is 1.88 bits per heavy atom. The molecule has 1 amide bonds. The van der Waals surface area contributed by atoms with Crippen molar-refractivity contribution in [3.8, 4) is 5.75 Å². The van der Waals surface area contributed by atoms with Crippen LogP contribution in [0.4, 0.5) is 0 Å². The first kappa shape index (κ1) is 12.6. The molecule has 1 aromatic rings. The number of carbonyl (C=O) groups is 1. The Morgan fingerprint density at radius 3 is 2.31 bits per heavy atom. The van der Waals surface area contributed by atoms with E-state index in [0.29, 0.717) is 5.75 Å². The van der Waals surface area contributed by atoms with E-state index < -0.39 is 11.5 Å². The van der Waals surface area contributed by atoms with Gasteiger partial charge in [0.05, 0.1) is 0 Å². The van der Waals surface area contributed by atoms with E-state index in [-0.39, 0.29) is 0 Å². The summed E-state index contributed by atoms with van der Waals surface area (Å²) < 4.78 is 5.52. The summed E-state index contributed by atoms with van der Waals surface area (Å²) in [6.45, 7) is 5.46. The Labute approximate surface area is 96.6 Å². The molecule has 0 aliphatic rings. The molecule has 0 aromatic heterocycles. The maximum atomic E-state index is 11.1. The zero-order valence-electron chi connectivity index (χ0n) is 10.1. The van der Waals surface area contributed by atoms with Gasteiger partial charge in [0.15, 0.2) is 5.60 Å². The largest absolute Gasteiger partial charge is 0.478 e. The van der Waals surface area contributed by atoms with Crippen LogP contribution in [0.5, 0.6) is 5.75 Å². The molecule has 0 radical (unpaired) electrons. The first-order valence-corrected chi connectivity index (χ1v) is 5.53. The van der Waals surface area contributed by atoms with E-state index >= 15 is 0 Å². The fourth-order valence-electron chi connectivity index (χ4n) is 1.36. The normalized spacial score (nSPS) is 11.2. The molecule has 88 valence electrons. The van der Waals surface area contributed by atoms with Gasteiger partial charge in [0, 0.05) is 0 Å². The molecule has 0 heterocycles. The van der Waals surface area contributed by atoms with E-state index in [1.807, 2.05) is 24.3 Å². The van der Waals surface area contributed by atoms with Crippen LogP contribution in [0.1, 0.15) is 32.8 Å². The maximum absolute atomic E-state index is 11.1. The molecule has 16 heavy (non-hydrogen) atoms. The topological polar surface area (TPSA) is 52.3 Å². The summed E-state index contributed by atoms with van der Waals surface area (Å²) in [5.74, 6) is 0.203. The summed E-state index contributed by atoms with van der Waals surface area (Å²) in [5, 5.41) is 0. The molecular weight excluding hydrogens is 202 g/mol. The van der Waals surface area contributed by atoms with Gasteiger partial charge in [-0.05, 0) is 38.0 Å². The lowest BCUT2D eigenvalue weighted by molar-refractivity contribution is -0.130. The van der Waals surface area contributed by atoms with Crippen molar-refractivity contribution in [2.75, 3.05) is 0 Å². The number of hydrogen-bond acceptors (Lipinski definition) is 2. The van der Waals surface area contributed by atoms with Crippen molar-refractivity contribution in [2.24, 2.45) is 5.73 Å². The van der Waals surface area contributed by atoms with Crippen LogP contribution in [0.25, 0.3) is 0 Å². The molecule has 1 rings (SSSR count). The molecule has 3 nitrogen and oxygen atoms in total. The van der Waals surface area contributed by atoms with Crippen LogP contribution in [-0.2, 0) is 11.2 Å². The average molecular weight is 221 g/mol. The number of carbonyl (C=O) groups excluding carboxylic acids is 1. The average Bonchev–Trinajstić information content (AvgIpc) is 2.21. The van der Waals surface area contributed by atoms with Gasteiger partial charge in [-0.15, -0.1) is 0 Å².